The van der Waals surface area contributed by atoms with Crippen LogP contribution in [0.3, 0.4) is 0 Å². The number of likely N-dealkylation sites (N-methyl/N-ethyl adjacent to an activating group) is 1. The van der Waals surface area contributed by atoms with Gasteiger partial charge in [-0.1, -0.05) is 24.8 Å². The maximum atomic E-state index is 15.2. The molecule has 1 saturated heterocycles. The monoisotopic (exact) mass is 470 g/mol. The molecule has 2 aliphatic rings. The molecule has 4 heterocycles. The highest BCUT2D eigenvalue weighted by atomic mass is 19.1. The molecule has 1 aromatic carbocycles. The van der Waals surface area contributed by atoms with Crippen LogP contribution in [0.1, 0.15) is 35.6 Å². The number of aryl methyl sites for hydroxylation is 1. The fraction of sp³-hybridized carbons (Fsp3) is 0.286. The van der Waals surface area contributed by atoms with Crippen molar-refractivity contribution in [2.45, 2.75) is 32.9 Å². The molecule has 0 unspecified atom stereocenters. The number of H-pyrrole nitrogens is 1. The third-order valence-electron chi connectivity index (χ3n) is 6.53. The Bertz CT molecular complexity index is 1300. The van der Waals surface area contributed by atoms with Crippen LogP contribution < -0.4 is 5.32 Å². The van der Waals surface area contributed by atoms with Crippen molar-refractivity contribution in [3.8, 4) is 11.4 Å². The number of halogens is 1. The molecule has 35 heavy (non-hydrogen) atoms. The molecule has 1 fully saturated rings. The quantitative estimate of drug-likeness (QED) is 0.479. The summed E-state index contributed by atoms with van der Waals surface area (Å²) in [5.41, 5.74) is 6.47. The Labute approximate surface area is 205 Å². The first-order valence-electron chi connectivity index (χ1n) is 12.1. The summed E-state index contributed by atoms with van der Waals surface area (Å²) in [4.78, 5) is 17.3. The van der Waals surface area contributed by atoms with E-state index in [-0.39, 0.29) is 5.82 Å². The van der Waals surface area contributed by atoms with Crippen LogP contribution in [0.25, 0.3) is 17.0 Å². The van der Waals surface area contributed by atoms with E-state index >= 15 is 4.39 Å². The highest BCUT2D eigenvalue weighted by Gasteiger charge is 2.19. The number of hydrogen-bond acceptors (Lipinski definition) is 5. The Morgan fingerprint density at radius 2 is 1.89 bits per heavy atom. The number of hydrogen-bond donors (Lipinski definition) is 2. The molecule has 3 aromatic rings. The van der Waals surface area contributed by atoms with E-state index in [2.05, 4.69) is 21.8 Å². The second kappa shape index (κ2) is 9.88. The summed E-state index contributed by atoms with van der Waals surface area (Å²) >= 11 is 0. The molecule has 0 amide bonds. The number of imidazole rings is 1. The smallest absolute Gasteiger partial charge is 0.150 e. The molecule has 2 aliphatic heterocycles. The normalized spacial score (nSPS) is 16.1. The van der Waals surface area contributed by atoms with Gasteiger partial charge in [-0.2, -0.15) is 0 Å². The van der Waals surface area contributed by atoms with Crippen molar-refractivity contribution >= 4 is 11.3 Å². The van der Waals surface area contributed by atoms with Crippen LogP contribution >= 0.6 is 0 Å². The minimum absolute atomic E-state index is 0.190. The molecule has 0 spiro atoms. The molecule has 0 saturated carbocycles. The molecular weight excluding hydrogens is 439 g/mol. The Morgan fingerprint density at radius 3 is 2.66 bits per heavy atom. The van der Waals surface area contributed by atoms with E-state index in [4.69, 9.17) is 9.97 Å². The lowest BCUT2D eigenvalue weighted by atomic mass is 10.1. The van der Waals surface area contributed by atoms with Gasteiger partial charge in [0.15, 0.2) is 5.82 Å². The molecule has 0 atom stereocenters. The van der Waals surface area contributed by atoms with E-state index in [9.17, 15) is 0 Å². The van der Waals surface area contributed by atoms with Gasteiger partial charge in [-0.15, -0.1) is 0 Å². The number of aromatic nitrogens is 3. The highest BCUT2D eigenvalue weighted by molar-refractivity contribution is 5.82. The van der Waals surface area contributed by atoms with Crippen molar-refractivity contribution < 1.29 is 4.39 Å². The molecule has 0 bridgehead atoms. The van der Waals surface area contributed by atoms with Gasteiger partial charge in [-0.25, -0.2) is 9.37 Å². The molecule has 0 radical (unpaired) electrons. The third-order valence-corrected chi connectivity index (χ3v) is 6.53. The predicted octanol–water partition coefficient (Wildman–Crippen LogP) is 5.48. The lowest BCUT2D eigenvalue weighted by molar-refractivity contribution is 0.325. The van der Waals surface area contributed by atoms with Crippen molar-refractivity contribution in [1.29, 1.82) is 0 Å². The summed E-state index contributed by atoms with van der Waals surface area (Å²) in [5, 5.41) is 3.25. The number of likely N-dealkylation sites (tertiary alicyclic amines) is 1. The van der Waals surface area contributed by atoms with Crippen molar-refractivity contribution in [1.82, 2.24) is 24.8 Å². The van der Waals surface area contributed by atoms with Crippen LogP contribution in [0.15, 0.2) is 67.0 Å². The van der Waals surface area contributed by atoms with Gasteiger partial charge < -0.3 is 15.2 Å². The zero-order valence-corrected chi connectivity index (χ0v) is 20.3. The number of nitrogens with one attached hydrogen (secondary N) is 2. The average Bonchev–Trinajstić information content (AvgIpc) is 3.52. The van der Waals surface area contributed by atoms with Crippen molar-refractivity contribution in [3.05, 3.63) is 95.6 Å². The first kappa shape index (κ1) is 23.1. The van der Waals surface area contributed by atoms with Gasteiger partial charge in [-0.3, -0.25) is 9.88 Å². The topological polar surface area (TPSA) is 60.1 Å². The standard InChI is InChI=1S/C28H31FN6/c1-19-8-6-11-24(31-19)28-27(22-13-12-20(2)34(3)17-22)32-25(33-28)16-30-23-10-7-9-21(26(23)29)18-35-14-4-5-15-35/h6-13,17,30H,2,4-5,14-16,18H2,1,3H3,(H,32,33). The van der Waals surface area contributed by atoms with Crippen molar-refractivity contribution in [2.24, 2.45) is 0 Å². The minimum atomic E-state index is -0.190. The van der Waals surface area contributed by atoms with Crippen LogP contribution in [-0.4, -0.2) is 44.9 Å². The van der Waals surface area contributed by atoms with Gasteiger partial charge in [0, 0.05) is 42.3 Å². The summed E-state index contributed by atoms with van der Waals surface area (Å²) in [5.74, 6) is 0.522. The van der Waals surface area contributed by atoms with E-state index in [1.165, 1.54) is 12.8 Å². The lowest BCUT2D eigenvalue weighted by Crippen LogP contribution is -2.19. The second-order valence-electron chi connectivity index (χ2n) is 9.21. The van der Waals surface area contributed by atoms with Gasteiger partial charge >= 0.3 is 0 Å². The molecule has 180 valence electrons. The lowest BCUT2D eigenvalue weighted by Gasteiger charge is -2.19. The van der Waals surface area contributed by atoms with E-state index < -0.39 is 0 Å². The zero-order chi connectivity index (χ0) is 24.4. The molecular formula is C28H31FN6. The fourth-order valence-electron chi connectivity index (χ4n) is 4.56. The number of rotatable bonds is 7. The molecule has 0 aliphatic carbocycles. The maximum absolute atomic E-state index is 15.2. The largest absolute Gasteiger partial charge is 0.375 e. The second-order valence-corrected chi connectivity index (χ2v) is 9.21. The van der Waals surface area contributed by atoms with Crippen LogP contribution in [-0.2, 0) is 13.1 Å². The Balaban J connectivity index is 1.41. The molecule has 2 N–H and O–H groups in total. The van der Waals surface area contributed by atoms with Gasteiger partial charge in [0.2, 0.25) is 0 Å². The summed E-state index contributed by atoms with van der Waals surface area (Å²) in [6, 6.07) is 11.5. The van der Waals surface area contributed by atoms with Gasteiger partial charge in [0.25, 0.3) is 0 Å². The molecule has 6 nitrogen and oxygen atoms in total. The Kier molecular flexibility index (Phi) is 6.51. The summed E-state index contributed by atoms with van der Waals surface area (Å²) in [6.07, 6.45) is 8.37. The summed E-state index contributed by atoms with van der Waals surface area (Å²) in [7, 11) is 1.96. The zero-order valence-electron chi connectivity index (χ0n) is 20.3. The number of allylic oxidation sites excluding steroid dienone is 3. The number of nitrogens with zero attached hydrogens (tertiary/aromatic N) is 4. The van der Waals surface area contributed by atoms with E-state index in [1.54, 1.807) is 6.07 Å². The van der Waals surface area contributed by atoms with Crippen LogP contribution in [0.2, 0.25) is 0 Å². The fourth-order valence-corrected chi connectivity index (χ4v) is 4.56. The number of pyridine rings is 1. The molecule has 7 heteroatoms. The van der Waals surface area contributed by atoms with Crippen molar-refractivity contribution in [2.75, 3.05) is 25.5 Å². The minimum Gasteiger partial charge on any atom is -0.375 e. The average molecular weight is 471 g/mol. The third kappa shape index (κ3) is 5.05. The first-order chi connectivity index (χ1) is 17.0. The van der Waals surface area contributed by atoms with E-state index in [1.807, 2.05) is 67.6 Å². The van der Waals surface area contributed by atoms with Crippen LogP contribution in [0, 0.1) is 12.7 Å². The van der Waals surface area contributed by atoms with E-state index in [0.29, 0.717) is 24.6 Å². The summed E-state index contributed by atoms with van der Waals surface area (Å²) in [6.45, 7) is 9.09. The maximum Gasteiger partial charge on any atom is 0.150 e. The molecule has 5 rings (SSSR count). The Morgan fingerprint density at radius 1 is 1.09 bits per heavy atom. The first-order valence-corrected chi connectivity index (χ1v) is 12.1. The highest BCUT2D eigenvalue weighted by Crippen LogP contribution is 2.30. The Hall–Kier alpha value is -3.71. The molecule has 2 aromatic heterocycles. The number of anilines is 1. The van der Waals surface area contributed by atoms with Crippen LogP contribution in [0.4, 0.5) is 10.1 Å². The SMILES string of the molecule is C=C1C=CC(c2nc(CNc3cccc(CN4CCCC4)c3F)[nH]c2-c2cccc(C)n2)=CN1C. The number of benzene rings is 1. The van der Waals surface area contributed by atoms with Gasteiger partial charge in [0.1, 0.15) is 5.82 Å². The van der Waals surface area contributed by atoms with Crippen molar-refractivity contribution in [3.63, 3.8) is 0 Å². The number of aromatic amines is 1. The van der Waals surface area contributed by atoms with Crippen LogP contribution in [0.5, 0.6) is 0 Å². The van der Waals surface area contributed by atoms with Gasteiger partial charge in [0.05, 0.1) is 29.3 Å². The van der Waals surface area contributed by atoms with Gasteiger partial charge in [-0.05, 0) is 63.2 Å². The summed E-state index contributed by atoms with van der Waals surface area (Å²) < 4.78 is 15.2. The van der Waals surface area contributed by atoms with E-state index in [0.717, 1.165) is 52.7 Å². The predicted molar refractivity (Wildman–Crippen MR) is 139 cm³/mol.